The number of alkyl halides is 2. The van der Waals surface area contributed by atoms with E-state index >= 15 is 0 Å². The SMILES string of the molecule is C[C@](Cc1ccc(O)c(O)c1)(C(=O)O)C(F)F. The summed E-state index contributed by atoms with van der Waals surface area (Å²) in [7, 11) is 0. The molecule has 0 heterocycles. The Labute approximate surface area is 96.1 Å². The Hall–Kier alpha value is -1.85. The first-order valence-electron chi connectivity index (χ1n) is 4.80. The maximum atomic E-state index is 12.7. The number of benzene rings is 1. The third-order valence-electron chi connectivity index (χ3n) is 2.58. The quantitative estimate of drug-likeness (QED) is 0.710. The maximum Gasteiger partial charge on any atom is 0.315 e. The number of rotatable bonds is 4. The fourth-order valence-corrected chi connectivity index (χ4v) is 1.35. The first-order valence-corrected chi connectivity index (χ1v) is 4.80. The lowest BCUT2D eigenvalue weighted by molar-refractivity contribution is -0.157. The molecule has 0 saturated heterocycles. The Kier molecular flexibility index (Phi) is 3.55. The zero-order valence-electron chi connectivity index (χ0n) is 9.02. The van der Waals surface area contributed by atoms with Crippen molar-refractivity contribution in [1.29, 1.82) is 0 Å². The minimum absolute atomic E-state index is 0.213. The topological polar surface area (TPSA) is 77.8 Å². The number of aromatic hydroxyl groups is 2. The smallest absolute Gasteiger partial charge is 0.315 e. The third kappa shape index (κ3) is 2.64. The molecule has 17 heavy (non-hydrogen) atoms. The third-order valence-corrected chi connectivity index (χ3v) is 2.58. The molecule has 0 unspecified atom stereocenters. The number of carboxylic acid groups (broad SMARTS) is 1. The van der Waals surface area contributed by atoms with Gasteiger partial charge in [-0.25, -0.2) is 8.78 Å². The highest BCUT2D eigenvalue weighted by Crippen LogP contribution is 2.33. The average molecular weight is 246 g/mol. The summed E-state index contributed by atoms with van der Waals surface area (Å²) in [6, 6.07) is 3.48. The fraction of sp³-hybridized carbons (Fsp3) is 0.364. The molecule has 1 aromatic rings. The monoisotopic (exact) mass is 246 g/mol. The van der Waals surface area contributed by atoms with Crippen molar-refractivity contribution in [2.75, 3.05) is 0 Å². The predicted molar refractivity (Wildman–Crippen MR) is 55.2 cm³/mol. The van der Waals surface area contributed by atoms with Gasteiger partial charge < -0.3 is 15.3 Å². The highest BCUT2D eigenvalue weighted by atomic mass is 19.3. The van der Waals surface area contributed by atoms with Gasteiger partial charge in [-0.15, -0.1) is 0 Å². The minimum atomic E-state index is -3.03. The summed E-state index contributed by atoms with van der Waals surface area (Å²) in [5.41, 5.74) is -2.01. The lowest BCUT2D eigenvalue weighted by atomic mass is 9.84. The number of phenolic OH excluding ortho intramolecular Hbond substituents is 2. The van der Waals surface area contributed by atoms with Crippen LogP contribution in [-0.4, -0.2) is 27.7 Å². The molecule has 0 aromatic heterocycles. The van der Waals surface area contributed by atoms with Gasteiger partial charge in [0.2, 0.25) is 0 Å². The van der Waals surface area contributed by atoms with Crippen LogP contribution in [0.4, 0.5) is 8.78 Å². The molecule has 94 valence electrons. The predicted octanol–water partition coefficient (Wildman–Crippen LogP) is 2.00. The number of carbonyl (C=O) groups is 1. The molecule has 0 bridgehead atoms. The maximum absolute atomic E-state index is 12.7. The van der Waals surface area contributed by atoms with E-state index in [9.17, 15) is 18.7 Å². The van der Waals surface area contributed by atoms with Gasteiger partial charge in [0.05, 0.1) is 0 Å². The van der Waals surface area contributed by atoms with Crippen molar-refractivity contribution in [2.24, 2.45) is 5.41 Å². The summed E-state index contributed by atoms with van der Waals surface area (Å²) in [6.45, 7) is 0.934. The Bertz CT molecular complexity index is 433. The Balaban J connectivity index is 3.02. The van der Waals surface area contributed by atoms with Gasteiger partial charge in [0, 0.05) is 0 Å². The molecule has 0 aliphatic heterocycles. The largest absolute Gasteiger partial charge is 0.504 e. The molecule has 1 rings (SSSR count). The van der Waals surface area contributed by atoms with Crippen LogP contribution in [0.3, 0.4) is 0 Å². The zero-order chi connectivity index (χ0) is 13.2. The molecule has 0 amide bonds. The molecule has 3 N–H and O–H groups in total. The molecule has 1 atom stereocenters. The van der Waals surface area contributed by atoms with Gasteiger partial charge >= 0.3 is 5.97 Å². The summed E-state index contributed by atoms with van der Waals surface area (Å²) in [5.74, 6) is -2.47. The lowest BCUT2D eigenvalue weighted by Gasteiger charge is -2.23. The molecule has 0 saturated carbocycles. The van der Waals surface area contributed by atoms with E-state index < -0.39 is 30.0 Å². The van der Waals surface area contributed by atoms with Crippen LogP contribution in [0.5, 0.6) is 11.5 Å². The van der Waals surface area contributed by atoms with E-state index in [1.165, 1.54) is 6.07 Å². The molecule has 1 aromatic carbocycles. The van der Waals surface area contributed by atoms with Crippen LogP contribution in [0.2, 0.25) is 0 Å². The van der Waals surface area contributed by atoms with Crippen LogP contribution >= 0.6 is 0 Å². The van der Waals surface area contributed by atoms with Crippen molar-refractivity contribution < 1.29 is 28.9 Å². The number of hydrogen-bond acceptors (Lipinski definition) is 3. The van der Waals surface area contributed by atoms with Gasteiger partial charge in [0.15, 0.2) is 11.5 Å². The van der Waals surface area contributed by atoms with Gasteiger partial charge in [-0.2, -0.15) is 0 Å². The lowest BCUT2D eigenvalue weighted by Crippen LogP contribution is -2.37. The van der Waals surface area contributed by atoms with Crippen molar-refractivity contribution in [3.63, 3.8) is 0 Å². The van der Waals surface area contributed by atoms with Gasteiger partial charge in [0.25, 0.3) is 6.43 Å². The summed E-state index contributed by atoms with van der Waals surface area (Å²) in [4.78, 5) is 10.8. The number of hydrogen-bond donors (Lipinski definition) is 3. The van der Waals surface area contributed by atoms with Crippen LogP contribution in [0.25, 0.3) is 0 Å². The van der Waals surface area contributed by atoms with E-state index in [2.05, 4.69) is 0 Å². The molecule has 0 aliphatic rings. The molecule has 6 heteroatoms. The number of phenols is 2. The van der Waals surface area contributed by atoms with Crippen LogP contribution < -0.4 is 0 Å². The summed E-state index contributed by atoms with van der Waals surface area (Å²) >= 11 is 0. The molecule has 0 fully saturated rings. The van der Waals surface area contributed by atoms with E-state index in [4.69, 9.17) is 10.2 Å². The van der Waals surface area contributed by atoms with Crippen LogP contribution in [0.15, 0.2) is 18.2 Å². The van der Waals surface area contributed by atoms with Gasteiger partial charge in [0.1, 0.15) is 5.41 Å². The van der Waals surface area contributed by atoms with Gasteiger partial charge in [-0.05, 0) is 31.0 Å². The average Bonchev–Trinajstić information content (AvgIpc) is 2.22. The van der Waals surface area contributed by atoms with Crippen molar-refractivity contribution >= 4 is 5.97 Å². The first-order chi connectivity index (χ1) is 7.77. The van der Waals surface area contributed by atoms with Crippen LogP contribution in [-0.2, 0) is 11.2 Å². The second kappa shape index (κ2) is 4.57. The molecule has 0 spiro atoms. The van der Waals surface area contributed by atoms with E-state index in [-0.39, 0.29) is 11.3 Å². The van der Waals surface area contributed by atoms with Crippen molar-refractivity contribution in [2.45, 2.75) is 19.8 Å². The van der Waals surface area contributed by atoms with Crippen LogP contribution in [0, 0.1) is 5.41 Å². The zero-order valence-corrected chi connectivity index (χ0v) is 9.02. The van der Waals surface area contributed by atoms with Gasteiger partial charge in [-0.3, -0.25) is 4.79 Å². The fourth-order valence-electron chi connectivity index (χ4n) is 1.35. The highest BCUT2D eigenvalue weighted by molar-refractivity contribution is 5.75. The molecule has 4 nitrogen and oxygen atoms in total. The van der Waals surface area contributed by atoms with E-state index in [1.807, 2.05) is 0 Å². The molecular weight excluding hydrogens is 234 g/mol. The summed E-state index contributed by atoms with van der Waals surface area (Å²) in [5, 5.41) is 27.0. The van der Waals surface area contributed by atoms with Crippen molar-refractivity contribution in [1.82, 2.24) is 0 Å². The summed E-state index contributed by atoms with van der Waals surface area (Å²) in [6.07, 6.45) is -3.47. The Morgan fingerprint density at radius 3 is 2.35 bits per heavy atom. The van der Waals surface area contributed by atoms with E-state index in [0.717, 1.165) is 19.1 Å². The Morgan fingerprint density at radius 1 is 1.35 bits per heavy atom. The van der Waals surface area contributed by atoms with Crippen molar-refractivity contribution in [3.05, 3.63) is 23.8 Å². The second-order valence-corrected chi connectivity index (χ2v) is 4.02. The molecule has 0 radical (unpaired) electrons. The Morgan fingerprint density at radius 2 is 1.94 bits per heavy atom. The highest BCUT2D eigenvalue weighted by Gasteiger charge is 2.43. The molecular formula is C11H12F2O4. The van der Waals surface area contributed by atoms with Crippen molar-refractivity contribution in [3.8, 4) is 11.5 Å². The van der Waals surface area contributed by atoms with E-state index in [1.54, 1.807) is 0 Å². The normalized spacial score (nSPS) is 14.6. The van der Waals surface area contributed by atoms with Gasteiger partial charge in [-0.1, -0.05) is 6.07 Å². The second-order valence-electron chi connectivity index (χ2n) is 4.02. The van der Waals surface area contributed by atoms with E-state index in [0.29, 0.717) is 0 Å². The number of carboxylic acids is 1. The first kappa shape index (κ1) is 13.2. The number of aliphatic carboxylic acids is 1. The summed E-state index contributed by atoms with van der Waals surface area (Å²) < 4.78 is 25.4. The molecule has 0 aliphatic carbocycles. The van der Waals surface area contributed by atoms with Crippen LogP contribution in [0.1, 0.15) is 12.5 Å². The minimum Gasteiger partial charge on any atom is -0.504 e. The number of halogens is 2. The standard InChI is InChI=1S/C11H12F2O4/c1-11(9(12)13,10(16)17)5-6-2-3-7(14)8(15)4-6/h2-4,9,14-15H,5H2,1H3,(H,16,17)/t11-/m1/s1.